The number of aromatic nitrogens is 3. The minimum Gasteiger partial charge on any atom is -0.329 e. The third-order valence-electron chi connectivity index (χ3n) is 4.63. The van der Waals surface area contributed by atoms with Gasteiger partial charge in [-0.05, 0) is 22.4 Å². The summed E-state index contributed by atoms with van der Waals surface area (Å²) in [5.74, 6) is -2.15. The van der Waals surface area contributed by atoms with E-state index in [0.29, 0.717) is 0 Å². The molecule has 1 unspecified atom stereocenters. The Hall–Kier alpha value is -3.42. The Balaban J connectivity index is 1.89. The van der Waals surface area contributed by atoms with Crippen molar-refractivity contribution in [2.75, 3.05) is 0 Å². The van der Waals surface area contributed by atoms with Gasteiger partial charge in [-0.2, -0.15) is 18.2 Å². The van der Waals surface area contributed by atoms with Gasteiger partial charge < -0.3 is 9.51 Å². The SMILES string of the molecule is CC(c1c(-c2noc(C(F)(F)F)n2)cc[nH]c1=O)c1cccc2ccccc12. The zero-order chi connectivity index (χ0) is 19.9. The first-order chi connectivity index (χ1) is 13.4. The van der Waals surface area contributed by atoms with Gasteiger partial charge in [-0.15, -0.1) is 0 Å². The van der Waals surface area contributed by atoms with Crippen molar-refractivity contribution in [2.24, 2.45) is 0 Å². The molecule has 4 aromatic rings. The minimum absolute atomic E-state index is 0.198. The highest BCUT2D eigenvalue weighted by molar-refractivity contribution is 5.86. The van der Waals surface area contributed by atoms with Crippen LogP contribution in [0.2, 0.25) is 0 Å². The molecular formula is C20H14F3N3O2. The minimum atomic E-state index is -4.76. The number of pyridine rings is 1. The fraction of sp³-hybridized carbons (Fsp3) is 0.150. The van der Waals surface area contributed by atoms with Crippen LogP contribution in [0.25, 0.3) is 22.2 Å². The van der Waals surface area contributed by atoms with E-state index in [1.54, 1.807) is 0 Å². The second-order valence-electron chi connectivity index (χ2n) is 6.35. The van der Waals surface area contributed by atoms with Gasteiger partial charge in [0.2, 0.25) is 5.82 Å². The number of hydrogen-bond donors (Lipinski definition) is 1. The Labute approximate surface area is 156 Å². The summed E-state index contributed by atoms with van der Waals surface area (Å²) in [7, 11) is 0. The molecule has 8 heteroatoms. The maximum atomic E-state index is 12.8. The van der Waals surface area contributed by atoms with E-state index in [1.807, 2.05) is 49.4 Å². The summed E-state index contributed by atoms with van der Waals surface area (Å²) in [6.07, 6.45) is -3.41. The lowest BCUT2D eigenvalue weighted by Crippen LogP contribution is -2.17. The summed E-state index contributed by atoms with van der Waals surface area (Å²) >= 11 is 0. The number of nitrogens with one attached hydrogen (secondary N) is 1. The topological polar surface area (TPSA) is 71.8 Å². The molecular weight excluding hydrogens is 371 g/mol. The zero-order valence-electron chi connectivity index (χ0n) is 14.6. The average Bonchev–Trinajstić information content (AvgIpc) is 3.17. The van der Waals surface area contributed by atoms with E-state index in [-0.39, 0.29) is 17.0 Å². The lowest BCUT2D eigenvalue weighted by atomic mass is 9.87. The molecule has 0 aliphatic heterocycles. The van der Waals surface area contributed by atoms with Crippen LogP contribution in [0, 0.1) is 0 Å². The first-order valence-corrected chi connectivity index (χ1v) is 8.47. The summed E-state index contributed by atoms with van der Waals surface area (Å²) in [5, 5.41) is 5.39. The lowest BCUT2D eigenvalue weighted by molar-refractivity contribution is -0.159. The van der Waals surface area contributed by atoms with Crippen LogP contribution in [0.15, 0.2) is 64.0 Å². The third-order valence-corrected chi connectivity index (χ3v) is 4.63. The van der Waals surface area contributed by atoms with Crippen LogP contribution in [0.1, 0.15) is 29.9 Å². The molecule has 2 aromatic carbocycles. The number of nitrogens with zero attached hydrogens (tertiary/aromatic N) is 2. The molecule has 0 aliphatic rings. The van der Waals surface area contributed by atoms with Gasteiger partial charge in [0.25, 0.3) is 5.56 Å². The number of alkyl halides is 3. The molecule has 2 heterocycles. The average molecular weight is 385 g/mol. The number of benzene rings is 2. The van der Waals surface area contributed by atoms with Crippen LogP contribution >= 0.6 is 0 Å². The van der Waals surface area contributed by atoms with Crippen LogP contribution in [-0.4, -0.2) is 15.1 Å². The summed E-state index contributed by atoms with van der Waals surface area (Å²) in [4.78, 5) is 18.6. The molecule has 0 amide bonds. The summed E-state index contributed by atoms with van der Waals surface area (Å²) < 4.78 is 42.8. The van der Waals surface area contributed by atoms with Crippen molar-refractivity contribution in [1.82, 2.24) is 15.1 Å². The Morgan fingerprint density at radius 2 is 1.82 bits per heavy atom. The van der Waals surface area contributed by atoms with Crippen molar-refractivity contribution in [1.29, 1.82) is 0 Å². The first kappa shape index (κ1) is 18.0. The van der Waals surface area contributed by atoms with Gasteiger partial charge in [-0.1, -0.05) is 54.5 Å². The molecule has 1 atom stereocenters. The predicted molar refractivity (Wildman–Crippen MR) is 96.8 cm³/mol. The van der Waals surface area contributed by atoms with E-state index in [9.17, 15) is 18.0 Å². The summed E-state index contributed by atoms with van der Waals surface area (Å²) in [5.41, 5.74) is 0.920. The van der Waals surface area contributed by atoms with Crippen LogP contribution in [0.3, 0.4) is 0 Å². The smallest absolute Gasteiger partial charge is 0.329 e. The predicted octanol–water partition coefficient (Wildman–Crippen LogP) is 4.75. The van der Waals surface area contributed by atoms with E-state index >= 15 is 0 Å². The Morgan fingerprint density at radius 3 is 2.57 bits per heavy atom. The van der Waals surface area contributed by atoms with E-state index in [1.165, 1.54) is 12.3 Å². The van der Waals surface area contributed by atoms with E-state index in [2.05, 4.69) is 19.6 Å². The molecule has 0 aliphatic carbocycles. The molecule has 0 spiro atoms. The van der Waals surface area contributed by atoms with Gasteiger partial charge in [-0.25, -0.2) is 0 Å². The van der Waals surface area contributed by atoms with Crippen LogP contribution in [0.4, 0.5) is 13.2 Å². The van der Waals surface area contributed by atoms with Gasteiger partial charge in [0.05, 0.1) is 0 Å². The van der Waals surface area contributed by atoms with Crippen molar-refractivity contribution >= 4 is 10.8 Å². The van der Waals surface area contributed by atoms with Crippen LogP contribution in [0.5, 0.6) is 0 Å². The highest BCUT2D eigenvalue weighted by Gasteiger charge is 2.39. The van der Waals surface area contributed by atoms with Crippen molar-refractivity contribution in [3.05, 3.63) is 82.1 Å². The van der Waals surface area contributed by atoms with Crippen LogP contribution in [-0.2, 0) is 6.18 Å². The number of hydrogen-bond acceptors (Lipinski definition) is 4. The third kappa shape index (κ3) is 3.06. The molecule has 2 aromatic heterocycles. The maximum Gasteiger partial charge on any atom is 0.471 e. The molecule has 0 fully saturated rings. The maximum absolute atomic E-state index is 12.8. The van der Waals surface area contributed by atoms with E-state index in [0.717, 1.165) is 16.3 Å². The monoisotopic (exact) mass is 385 g/mol. The molecule has 5 nitrogen and oxygen atoms in total. The highest BCUT2D eigenvalue weighted by atomic mass is 19.4. The van der Waals surface area contributed by atoms with E-state index in [4.69, 9.17) is 0 Å². The fourth-order valence-electron chi connectivity index (χ4n) is 3.35. The quantitative estimate of drug-likeness (QED) is 0.553. The highest BCUT2D eigenvalue weighted by Crippen LogP contribution is 2.34. The van der Waals surface area contributed by atoms with Gasteiger partial charge in [0, 0.05) is 23.2 Å². The Kier molecular flexibility index (Phi) is 4.26. The van der Waals surface area contributed by atoms with Crippen molar-refractivity contribution in [3.63, 3.8) is 0 Å². The molecule has 0 radical (unpaired) electrons. The lowest BCUT2D eigenvalue weighted by Gasteiger charge is -2.16. The molecule has 28 heavy (non-hydrogen) atoms. The normalized spacial score (nSPS) is 13.0. The zero-order valence-corrected chi connectivity index (χ0v) is 14.6. The summed E-state index contributed by atoms with van der Waals surface area (Å²) in [6, 6.07) is 14.9. The van der Waals surface area contributed by atoms with Crippen molar-refractivity contribution in [2.45, 2.75) is 19.0 Å². The number of H-pyrrole nitrogens is 1. The molecule has 0 saturated heterocycles. The van der Waals surface area contributed by atoms with Crippen LogP contribution < -0.4 is 5.56 Å². The summed E-state index contributed by atoms with van der Waals surface area (Å²) in [6.45, 7) is 1.82. The molecule has 1 N–H and O–H groups in total. The molecule has 0 bridgehead atoms. The second-order valence-corrected chi connectivity index (χ2v) is 6.35. The first-order valence-electron chi connectivity index (χ1n) is 8.47. The van der Waals surface area contributed by atoms with Gasteiger partial charge >= 0.3 is 12.1 Å². The fourth-order valence-corrected chi connectivity index (χ4v) is 3.35. The number of aromatic amines is 1. The van der Waals surface area contributed by atoms with Gasteiger partial charge in [0.15, 0.2) is 0 Å². The van der Waals surface area contributed by atoms with E-state index < -0.39 is 23.5 Å². The largest absolute Gasteiger partial charge is 0.471 e. The second kappa shape index (κ2) is 6.63. The van der Waals surface area contributed by atoms with Gasteiger partial charge in [-0.3, -0.25) is 4.79 Å². The van der Waals surface area contributed by atoms with Crippen molar-refractivity contribution < 1.29 is 17.7 Å². The standard InChI is InChI=1S/C20H14F3N3O2/c1-11(13-8-4-6-12-5-2-3-7-14(12)13)16-15(9-10-24-18(16)27)17-25-19(28-26-17)20(21,22)23/h2-11H,1H3,(H,24,27). The molecule has 0 saturated carbocycles. The number of halogens is 3. The molecule has 4 rings (SSSR count). The number of fused-ring (bicyclic) bond motifs is 1. The molecule has 142 valence electrons. The number of rotatable bonds is 3. The Morgan fingerprint density at radius 1 is 1.07 bits per heavy atom. The van der Waals surface area contributed by atoms with Crippen molar-refractivity contribution in [3.8, 4) is 11.4 Å². The van der Waals surface area contributed by atoms with Gasteiger partial charge in [0.1, 0.15) is 0 Å². The Bertz CT molecular complexity index is 1210.